The Morgan fingerprint density at radius 3 is 2.43 bits per heavy atom. The van der Waals surface area contributed by atoms with Gasteiger partial charge in [0.15, 0.2) is 0 Å². The molecule has 0 aliphatic rings. The fraction of sp³-hybridized carbons (Fsp3) is 0.316. The van der Waals surface area contributed by atoms with Crippen molar-refractivity contribution in [2.45, 2.75) is 33.7 Å². The zero-order chi connectivity index (χ0) is 14.8. The van der Waals surface area contributed by atoms with Crippen molar-refractivity contribution >= 4 is 11.0 Å². The summed E-state index contributed by atoms with van der Waals surface area (Å²) in [4.78, 5) is 4.83. The van der Waals surface area contributed by atoms with E-state index in [1.807, 2.05) is 0 Å². The van der Waals surface area contributed by atoms with Crippen LogP contribution in [0.1, 0.15) is 30.8 Å². The minimum absolute atomic E-state index is 0.610. The molecule has 0 bridgehead atoms. The molecule has 0 spiro atoms. The highest BCUT2D eigenvalue weighted by molar-refractivity contribution is 5.76. The van der Waals surface area contributed by atoms with Gasteiger partial charge < -0.3 is 4.57 Å². The number of imidazole rings is 1. The van der Waals surface area contributed by atoms with E-state index in [0.717, 1.165) is 18.5 Å². The van der Waals surface area contributed by atoms with Gasteiger partial charge in [-0.1, -0.05) is 55.8 Å². The van der Waals surface area contributed by atoms with E-state index < -0.39 is 0 Å². The lowest BCUT2D eigenvalue weighted by atomic mass is 10.1. The van der Waals surface area contributed by atoms with Crippen LogP contribution in [0.3, 0.4) is 0 Å². The first-order valence-electron chi connectivity index (χ1n) is 7.63. The summed E-state index contributed by atoms with van der Waals surface area (Å²) in [7, 11) is 0. The largest absolute Gasteiger partial charge is 0.323 e. The highest BCUT2D eigenvalue weighted by Gasteiger charge is 2.12. The van der Waals surface area contributed by atoms with Crippen molar-refractivity contribution in [1.82, 2.24) is 9.55 Å². The lowest BCUT2D eigenvalue weighted by Crippen LogP contribution is -2.08. The summed E-state index contributed by atoms with van der Waals surface area (Å²) in [6.45, 7) is 7.51. The van der Waals surface area contributed by atoms with E-state index in [1.54, 1.807) is 0 Å². The average molecular weight is 278 g/mol. The van der Waals surface area contributed by atoms with Crippen molar-refractivity contribution in [3.05, 3.63) is 65.5 Å². The number of benzene rings is 2. The molecule has 2 aromatic carbocycles. The standard InChI is InChI=1S/C19H22N2/c1-14(2)12-19-20-17-6-4-5-7-18(17)21(19)13-16-10-8-15(3)9-11-16/h4-11,14H,12-13H2,1-3H3. The normalized spacial score (nSPS) is 11.4. The van der Waals surface area contributed by atoms with Gasteiger partial charge in [0.25, 0.3) is 0 Å². The minimum Gasteiger partial charge on any atom is -0.323 e. The molecule has 3 rings (SSSR count). The molecular weight excluding hydrogens is 256 g/mol. The van der Waals surface area contributed by atoms with Crippen LogP contribution in [0.25, 0.3) is 11.0 Å². The predicted molar refractivity (Wildman–Crippen MR) is 88.6 cm³/mol. The van der Waals surface area contributed by atoms with Crippen molar-refractivity contribution < 1.29 is 0 Å². The first-order chi connectivity index (χ1) is 10.1. The van der Waals surface area contributed by atoms with E-state index in [0.29, 0.717) is 5.92 Å². The van der Waals surface area contributed by atoms with Gasteiger partial charge in [-0.25, -0.2) is 4.98 Å². The zero-order valence-electron chi connectivity index (χ0n) is 13.0. The molecule has 108 valence electrons. The lowest BCUT2D eigenvalue weighted by molar-refractivity contribution is 0.595. The van der Waals surface area contributed by atoms with Crippen LogP contribution in [0.4, 0.5) is 0 Å². The Hall–Kier alpha value is -2.09. The molecule has 1 aromatic heterocycles. The third-order valence-electron chi connectivity index (χ3n) is 3.79. The molecule has 0 unspecified atom stereocenters. The number of aromatic nitrogens is 2. The molecule has 0 atom stereocenters. The zero-order valence-corrected chi connectivity index (χ0v) is 13.0. The highest BCUT2D eigenvalue weighted by atomic mass is 15.1. The molecule has 0 aliphatic heterocycles. The molecule has 0 amide bonds. The minimum atomic E-state index is 0.610. The molecule has 0 N–H and O–H groups in total. The molecule has 1 heterocycles. The van der Waals surface area contributed by atoms with Gasteiger partial charge in [0.05, 0.1) is 11.0 Å². The smallest absolute Gasteiger partial charge is 0.110 e. The molecule has 0 fully saturated rings. The van der Waals surface area contributed by atoms with Gasteiger partial charge in [-0.2, -0.15) is 0 Å². The van der Waals surface area contributed by atoms with Crippen LogP contribution in [0.2, 0.25) is 0 Å². The molecule has 0 saturated heterocycles. The van der Waals surface area contributed by atoms with Crippen LogP contribution in [-0.4, -0.2) is 9.55 Å². The number of nitrogens with zero attached hydrogens (tertiary/aromatic N) is 2. The Bertz CT molecular complexity index is 736. The van der Waals surface area contributed by atoms with Crippen LogP contribution >= 0.6 is 0 Å². The number of para-hydroxylation sites is 2. The maximum atomic E-state index is 4.83. The Morgan fingerprint density at radius 1 is 1.00 bits per heavy atom. The summed E-state index contributed by atoms with van der Waals surface area (Å²) in [5.74, 6) is 1.80. The van der Waals surface area contributed by atoms with Gasteiger partial charge in [0.1, 0.15) is 5.82 Å². The van der Waals surface area contributed by atoms with E-state index in [2.05, 4.69) is 73.9 Å². The molecule has 2 heteroatoms. The third kappa shape index (κ3) is 2.99. The third-order valence-corrected chi connectivity index (χ3v) is 3.79. The molecule has 0 aliphatic carbocycles. The maximum Gasteiger partial charge on any atom is 0.110 e. The van der Waals surface area contributed by atoms with Gasteiger partial charge in [0, 0.05) is 13.0 Å². The number of hydrogen-bond donors (Lipinski definition) is 0. The topological polar surface area (TPSA) is 17.8 Å². The van der Waals surface area contributed by atoms with Crippen molar-refractivity contribution in [3.63, 3.8) is 0 Å². The van der Waals surface area contributed by atoms with Crippen LogP contribution in [0, 0.1) is 12.8 Å². The van der Waals surface area contributed by atoms with Crippen LogP contribution < -0.4 is 0 Å². The highest BCUT2D eigenvalue weighted by Crippen LogP contribution is 2.20. The number of hydrogen-bond acceptors (Lipinski definition) is 1. The second kappa shape index (κ2) is 5.72. The van der Waals surface area contributed by atoms with Crippen molar-refractivity contribution in [2.24, 2.45) is 5.92 Å². The fourth-order valence-electron chi connectivity index (χ4n) is 2.70. The van der Waals surface area contributed by atoms with E-state index in [4.69, 9.17) is 4.98 Å². The first-order valence-corrected chi connectivity index (χ1v) is 7.63. The Morgan fingerprint density at radius 2 is 1.71 bits per heavy atom. The van der Waals surface area contributed by atoms with Crippen molar-refractivity contribution in [2.75, 3.05) is 0 Å². The fourth-order valence-corrected chi connectivity index (χ4v) is 2.70. The molecule has 0 saturated carbocycles. The van der Waals surface area contributed by atoms with E-state index >= 15 is 0 Å². The first kappa shape index (κ1) is 13.9. The number of fused-ring (bicyclic) bond motifs is 1. The van der Waals surface area contributed by atoms with E-state index in [1.165, 1.54) is 22.5 Å². The summed E-state index contributed by atoms with van der Waals surface area (Å²) >= 11 is 0. The number of aryl methyl sites for hydroxylation is 1. The van der Waals surface area contributed by atoms with Gasteiger partial charge in [-0.05, 0) is 30.5 Å². The van der Waals surface area contributed by atoms with Gasteiger partial charge >= 0.3 is 0 Å². The summed E-state index contributed by atoms with van der Waals surface area (Å²) in [6.07, 6.45) is 1.01. The van der Waals surface area contributed by atoms with Crippen molar-refractivity contribution in [1.29, 1.82) is 0 Å². The van der Waals surface area contributed by atoms with Crippen LogP contribution in [0.5, 0.6) is 0 Å². The van der Waals surface area contributed by atoms with Crippen molar-refractivity contribution in [3.8, 4) is 0 Å². The molecule has 0 radical (unpaired) electrons. The Labute approximate surface area is 126 Å². The van der Waals surface area contributed by atoms with E-state index in [-0.39, 0.29) is 0 Å². The molecule has 3 aromatic rings. The van der Waals surface area contributed by atoms with Gasteiger partial charge in [0.2, 0.25) is 0 Å². The monoisotopic (exact) mass is 278 g/mol. The van der Waals surface area contributed by atoms with E-state index in [9.17, 15) is 0 Å². The molecular formula is C19H22N2. The lowest BCUT2D eigenvalue weighted by Gasteiger charge is -2.11. The second-order valence-corrected chi connectivity index (χ2v) is 6.19. The SMILES string of the molecule is Cc1ccc(Cn2c(CC(C)C)nc3ccccc32)cc1. The van der Waals surface area contributed by atoms with Gasteiger partial charge in [-0.3, -0.25) is 0 Å². The number of rotatable bonds is 4. The van der Waals surface area contributed by atoms with Crippen LogP contribution in [0.15, 0.2) is 48.5 Å². The summed E-state index contributed by atoms with van der Waals surface area (Å²) in [5, 5.41) is 0. The molecule has 2 nitrogen and oxygen atoms in total. The quantitative estimate of drug-likeness (QED) is 0.682. The Balaban J connectivity index is 2.03. The maximum absolute atomic E-state index is 4.83. The predicted octanol–water partition coefficient (Wildman–Crippen LogP) is 4.59. The summed E-state index contributed by atoms with van der Waals surface area (Å²) < 4.78 is 2.36. The van der Waals surface area contributed by atoms with Gasteiger partial charge in [-0.15, -0.1) is 0 Å². The Kier molecular flexibility index (Phi) is 3.78. The molecule has 21 heavy (non-hydrogen) atoms. The van der Waals surface area contributed by atoms with Crippen LogP contribution in [-0.2, 0) is 13.0 Å². The average Bonchev–Trinajstić information content (AvgIpc) is 2.78. The summed E-state index contributed by atoms with van der Waals surface area (Å²) in [5.41, 5.74) is 4.96. The summed E-state index contributed by atoms with van der Waals surface area (Å²) in [6, 6.07) is 17.2. The second-order valence-electron chi connectivity index (χ2n) is 6.19.